The average molecular weight is 313 g/mol. The Bertz CT molecular complexity index is 362. The lowest BCUT2D eigenvalue weighted by molar-refractivity contribution is 0.0236. The number of carbonyl (C=O) groups excluding carboxylic acids is 1. The van der Waals surface area contributed by atoms with E-state index in [9.17, 15) is 4.79 Å². The molecule has 2 rings (SSSR count). The van der Waals surface area contributed by atoms with Crippen LogP contribution in [-0.4, -0.2) is 80.0 Å². The Hall–Kier alpha value is -0.850. The summed E-state index contributed by atoms with van der Waals surface area (Å²) in [6.07, 6.45) is 2.06. The second-order valence-electron chi connectivity index (χ2n) is 7.44. The Morgan fingerprint density at radius 3 is 2.50 bits per heavy atom. The predicted octanol–water partition coefficient (Wildman–Crippen LogP) is 1.31. The molecule has 0 radical (unpaired) electrons. The van der Waals surface area contributed by atoms with Crippen molar-refractivity contribution >= 4 is 6.09 Å². The van der Waals surface area contributed by atoms with Gasteiger partial charge in [0, 0.05) is 25.2 Å². The van der Waals surface area contributed by atoms with E-state index in [1.807, 2.05) is 20.8 Å². The van der Waals surface area contributed by atoms with E-state index in [0.29, 0.717) is 32.3 Å². The lowest BCUT2D eigenvalue weighted by Crippen LogP contribution is -2.51. The number of nitrogens with one attached hydrogen (secondary N) is 1. The van der Waals surface area contributed by atoms with Crippen LogP contribution in [0.5, 0.6) is 0 Å². The molecule has 0 aromatic carbocycles. The number of hydrogen-bond acceptors (Lipinski definition) is 5. The Morgan fingerprint density at radius 1 is 1.18 bits per heavy atom. The second-order valence-corrected chi connectivity index (χ2v) is 7.44. The monoisotopic (exact) mass is 313 g/mol. The highest BCUT2D eigenvalue weighted by molar-refractivity contribution is 5.68. The minimum Gasteiger partial charge on any atom is -0.444 e. The standard InChI is InChI=1S/C16H31N3O3/c1-16(2,3)22-15(20)19-9-10-21-12-14(11-19)17-13-5-7-18(4)8-6-13/h13-14,17H,5-12H2,1-4H3/t14-/m0/s1. The highest BCUT2D eigenvalue weighted by Gasteiger charge is 2.28. The van der Waals surface area contributed by atoms with Gasteiger partial charge in [-0.15, -0.1) is 0 Å². The SMILES string of the molecule is CN1CCC(N[C@@H]2COCCN(C(=O)OC(C)(C)C)C2)CC1. The molecule has 2 aliphatic rings. The van der Waals surface area contributed by atoms with E-state index in [1.165, 1.54) is 0 Å². The number of amides is 1. The molecule has 0 unspecified atom stereocenters. The number of hydrogen-bond donors (Lipinski definition) is 1. The maximum atomic E-state index is 12.3. The molecule has 6 nitrogen and oxygen atoms in total. The number of rotatable bonds is 2. The minimum atomic E-state index is -0.457. The van der Waals surface area contributed by atoms with E-state index < -0.39 is 5.60 Å². The van der Waals surface area contributed by atoms with Gasteiger partial charge in [0.05, 0.1) is 13.2 Å². The lowest BCUT2D eigenvalue weighted by atomic mass is 10.0. The van der Waals surface area contributed by atoms with Crippen LogP contribution >= 0.6 is 0 Å². The molecule has 1 atom stereocenters. The zero-order valence-electron chi connectivity index (χ0n) is 14.4. The van der Waals surface area contributed by atoms with Crippen LogP contribution < -0.4 is 5.32 Å². The van der Waals surface area contributed by atoms with Gasteiger partial charge in [-0.05, 0) is 53.8 Å². The maximum Gasteiger partial charge on any atom is 0.410 e. The topological polar surface area (TPSA) is 54.0 Å². The number of likely N-dealkylation sites (tertiary alicyclic amines) is 1. The summed E-state index contributed by atoms with van der Waals surface area (Å²) in [6, 6.07) is 0.701. The van der Waals surface area contributed by atoms with Gasteiger partial charge in [0.25, 0.3) is 0 Å². The second kappa shape index (κ2) is 7.62. The molecule has 2 aliphatic heterocycles. The third kappa shape index (κ3) is 5.74. The Balaban J connectivity index is 1.85. The predicted molar refractivity (Wildman–Crippen MR) is 86.1 cm³/mol. The van der Waals surface area contributed by atoms with E-state index in [0.717, 1.165) is 25.9 Å². The van der Waals surface area contributed by atoms with E-state index in [4.69, 9.17) is 9.47 Å². The Morgan fingerprint density at radius 2 is 1.86 bits per heavy atom. The van der Waals surface area contributed by atoms with Crippen LogP contribution in [-0.2, 0) is 9.47 Å². The highest BCUT2D eigenvalue weighted by atomic mass is 16.6. The molecule has 0 saturated carbocycles. The lowest BCUT2D eigenvalue weighted by Gasteiger charge is -2.33. The highest BCUT2D eigenvalue weighted by Crippen LogP contribution is 2.13. The molecule has 0 aromatic rings. The van der Waals surface area contributed by atoms with Gasteiger partial charge >= 0.3 is 6.09 Å². The zero-order chi connectivity index (χ0) is 16.2. The van der Waals surface area contributed by atoms with Gasteiger partial charge in [0.15, 0.2) is 0 Å². The Kier molecular flexibility index (Phi) is 6.06. The summed E-state index contributed by atoms with van der Waals surface area (Å²) in [5, 5.41) is 3.66. The van der Waals surface area contributed by atoms with Crippen molar-refractivity contribution in [2.24, 2.45) is 0 Å². The minimum absolute atomic E-state index is 0.184. The largest absolute Gasteiger partial charge is 0.444 e. The van der Waals surface area contributed by atoms with Crippen LogP contribution in [0.15, 0.2) is 0 Å². The van der Waals surface area contributed by atoms with E-state index in [-0.39, 0.29) is 12.1 Å². The van der Waals surface area contributed by atoms with E-state index >= 15 is 0 Å². The molecule has 1 N–H and O–H groups in total. The van der Waals surface area contributed by atoms with Crippen molar-refractivity contribution < 1.29 is 14.3 Å². The number of piperidine rings is 1. The molecule has 1 amide bonds. The molecule has 0 aromatic heterocycles. The first-order valence-corrected chi connectivity index (χ1v) is 8.34. The number of ether oxygens (including phenoxy) is 2. The summed E-state index contributed by atoms with van der Waals surface area (Å²) >= 11 is 0. The van der Waals surface area contributed by atoms with Crippen molar-refractivity contribution in [3.05, 3.63) is 0 Å². The van der Waals surface area contributed by atoms with Crippen molar-refractivity contribution in [3.8, 4) is 0 Å². The molecule has 2 fully saturated rings. The summed E-state index contributed by atoms with van der Waals surface area (Å²) in [6.45, 7) is 10.4. The van der Waals surface area contributed by atoms with Gasteiger partial charge in [-0.1, -0.05) is 0 Å². The molecule has 0 aliphatic carbocycles. The summed E-state index contributed by atoms with van der Waals surface area (Å²) < 4.78 is 11.1. The summed E-state index contributed by atoms with van der Waals surface area (Å²) in [7, 11) is 2.16. The van der Waals surface area contributed by atoms with Crippen LogP contribution in [0, 0.1) is 0 Å². The molecule has 2 heterocycles. The van der Waals surface area contributed by atoms with Crippen molar-refractivity contribution in [2.45, 2.75) is 51.3 Å². The molecule has 22 heavy (non-hydrogen) atoms. The normalized spacial score (nSPS) is 25.8. The van der Waals surface area contributed by atoms with Gasteiger partial charge in [0.2, 0.25) is 0 Å². The van der Waals surface area contributed by atoms with Gasteiger partial charge in [-0.25, -0.2) is 4.79 Å². The zero-order valence-corrected chi connectivity index (χ0v) is 14.4. The fourth-order valence-electron chi connectivity index (χ4n) is 2.91. The summed E-state index contributed by atoms with van der Waals surface area (Å²) in [4.78, 5) is 16.4. The molecule has 128 valence electrons. The van der Waals surface area contributed by atoms with Crippen molar-refractivity contribution in [1.29, 1.82) is 0 Å². The molecule has 0 spiro atoms. The van der Waals surface area contributed by atoms with Crippen molar-refractivity contribution in [2.75, 3.05) is 46.4 Å². The third-order valence-corrected chi connectivity index (χ3v) is 4.11. The molecule has 6 heteroatoms. The smallest absolute Gasteiger partial charge is 0.410 e. The van der Waals surface area contributed by atoms with Crippen molar-refractivity contribution in [3.63, 3.8) is 0 Å². The quantitative estimate of drug-likeness (QED) is 0.833. The Labute approximate surface area is 134 Å². The van der Waals surface area contributed by atoms with E-state index in [2.05, 4.69) is 17.3 Å². The van der Waals surface area contributed by atoms with Gasteiger partial charge < -0.3 is 24.6 Å². The fraction of sp³-hybridized carbons (Fsp3) is 0.938. The first-order valence-electron chi connectivity index (χ1n) is 8.34. The van der Waals surface area contributed by atoms with Crippen LogP contribution in [0.1, 0.15) is 33.6 Å². The average Bonchev–Trinajstić information content (AvgIpc) is 2.65. The number of nitrogens with zero attached hydrogens (tertiary/aromatic N) is 2. The summed E-state index contributed by atoms with van der Waals surface area (Å²) in [5.41, 5.74) is -0.457. The van der Waals surface area contributed by atoms with Crippen LogP contribution in [0.3, 0.4) is 0 Å². The first kappa shape index (κ1) is 17.5. The van der Waals surface area contributed by atoms with Gasteiger partial charge in [-0.3, -0.25) is 0 Å². The third-order valence-electron chi connectivity index (χ3n) is 4.11. The maximum absolute atomic E-state index is 12.3. The van der Waals surface area contributed by atoms with E-state index in [1.54, 1.807) is 4.90 Å². The van der Waals surface area contributed by atoms with Crippen molar-refractivity contribution in [1.82, 2.24) is 15.1 Å². The van der Waals surface area contributed by atoms with Gasteiger partial charge in [-0.2, -0.15) is 0 Å². The molecule has 2 saturated heterocycles. The van der Waals surface area contributed by atoms with Crippen LogP contribution in [0.25, 0.3) is 0 Å². The fourth-order valence-corrected chi connectivity index (χ4v) is 2.91. The molecular weight excluding hydrogens is 282 g/mol. The van der Waals surface area contributed by atoms with Crippen LogP contribution in [0.4, 0.5) is 4.79 Å². The van der Waals surface area contributed by atoms with Gasteiger partial charge in [0.1, 0.15) is 5.60 Å². The summed E-state index contributed by atoms with van der Waals surface area (Å²) in [5.74, 6) is 0. The molecular formula is C16H31N3O3. The van der Waals surface area contributed by atoms with Crippen LogP contribution in [0.2, 0.25) is 0 Å². The molecule has 0 bridgehead atoms. The first-order chi connectivity index (χ1) is 10.3. The number of carbonyl (C=O) groups is 1.